The highest BCUT2D eigenvalue weighted by molar-refractivity contribution is 6.30. The van der Waals surface area contributed by atoms with Gasteiger partial charge in [0.05, 0.1) is 11.8 Å². The number of nitrogens with zero attached hydrogens (tertiary/aromatic N) is 1. The van der Waals surface area contributed by atoms with E-state index >= 15 is 0 Å². The lowest BCUT2D eigenvalue weighted by Crippen LogP contribution is -1.99. The minimum absolute atomic E-state index is 0.0907. The van der Waals surface area contributed by atoms with Crippen LogP contribution in [0.15, 0.2) is 47.0 Å². The van der Waals surface area contributed by atoms with Gasteiger partial charge in [0.1, 0.15) is 5.69 Å². The highest BCUT2D eigenvalue weighted by Crippen LogP contribution is 2.30. The summed E-state index contributed by atoms with van der Waals surface area (Å²) >= 11 is 5.86. The largest absolute Gasteiger partial charge is 0.481 e. The molecule has 0 saturated heterocycles. The van der Waals surface area contributed by atoms with E-state index in [4.69, 9.17) is 21.2 Å². The fraction of sp³-hybridized carbons (Fsp3) is 0.0667. The summed E-state index contributed by atoms with van der Waals surface area (Å²) in [5, 5.41) is 14.4. The highest BCUT2D eigenvalue weighted by atomic mass is 35.5. The van der Waals surface area contributed by atoms with E-state index in [0.717, 1.165) is 10.9 Å². The van der Waals surface area contributed by atoms with E-state index in [1.807, 2.05) is 18.2 Å². The van der Waals surface area contributed by atoms with E-state index in [9.17, 15) is 4.79 Å². The molecule has 0 fully saturated rings. The first-order valence-corrected chi connectivity index (χ1v) is 6.38. The number of rotatable bonds is 3. The Kier molecular flexibility index (Phi) is 3.16. The molecular formula is C15H10ClNO3. The molecule has 0 bridgehead atoms. The Morgan fingerprint density at radius 3 is 2.65 bits per heavy atom. The summed E-state index contributed by atoms with van der Waals surface area (Å²) in [6.45, 7) is 0. The van der Waals surface area contributed by atoms with E-state index < -0.39 is 5.97 Å². The number of fused-ring (bicyclic) bond motifs is 1. The second-order valence-electron chi connectivity index (χ2n) is 4.40. The molecule has 3 rings (SSSR count). The third kappa shape index (κ3) is 2.26. The van der Waals surface area contributed by atoms with Crippen LogP contribution in [-0.4, -0.2) is 16.2 Å². The summed E-state index contributed by atoms with van der Waals surface area (Å²) in [4.78, 5) is 10.8. The van der Waals surface area contributed by atoms with Gasteiger partial charge in [-0.15, -0.1) is 0 Å². The molecule has 100 valence electrons. The van der Waals surface area contributed by atoms with Crippen LogP contribution < -0.4 is 0 Å². The molecule has 2 aromatic carbocycles. The third-order valence-electron chi connectivity index (χ3n) is 3.04. The lowest BCUT2D eigenvalue weighted by molar-refractivity contribution is -0.136. The highest BCUT2D eigenvalue weighted by Gasteiger charge is 2.14. The molecule has 0 spiro atoms. The van der Waals surface area contributed by atoms with E-state index in [2.05, 4.69) is 5.16 Å². The van der Waals surface area contributed by atoms with Crippen LogP contribution in [-0.2, 0) is 11.2 Å². The number of aromatic nitrogens is 1. The van der Waals surface area contributed by atoms with Crippen LogP contribution in [0.25, 0.3) is 22.2 Å². The molecule has 0 atom stereocenters. The summed E-state index contributed by atoms with van der Waals surface area (Å²) in [6, 6.07) is 12.6. The summed E-state index contributed by atoms with van der Waals surface area (Å²) in [6.07, 6.45) is -0.0907. The summed E-state index contributed by atoms with van der Waals surface area (Å²) in [5.41, 5.74) is 2.69. The Hall–Kier alpha value is -2.33. The fourth-order valence-electron chi connectivity index (χ4n) is 2.14. The number of para-hydroxylation sites is 1. The minimum Gasteiger partial charge on any atom is -0.481 e. The normalized spacial score (nSPS) is 10.8. The topological polar surface area (TPSA) is 63.3 Å². The van der Waals surface area contributed by atoms with Gasteiger partial charge in [-0.2, -0.15) is 0 Å². The molecule has 0 aliphatic heterocycles. The number of halogens is 1. The van der Waals surface area contributed by atoms with Crippen LogP contribution in [0.5, 0.6) is 0 Å². The average Bonchev–Trinajstić information content (AvgIpc) is 2.84. The molecule has 1 heterocycles. The second kappa shape index (κ2) is 4.98. The predicted molar refractivity (Wildman–Crippen MR) is 75.8 cm³/mol. The number of carboxylic acid groups (broad SMARTS) is 1. The molecule has 1 N–H and O–H groups in total. The van der Waals surface area contributed by atoms with Crippen LogP contribution in [0.2, 0.25) is 5.02 Å². The van der Waals surface area contributed by atoms with Crippen molar-refractivity contribution in [2.75, 3.05) is 0 Å². The van der Waals surface area contributed by atoms with Crippen LogP contribution in [0.3, 0.4) is 0 Å². The van der Waals surface area contributed by atoms with Gasteiger partial charge >= 0.3 is 5.97 Å². The maximum Gasteiger partial charge on any atom is 0.307 e. The monoisotopic (exact) mass is 287 g/mol. The zero-order valence-corrected chi connectivity index (χ0v) is 11.1. The molecular weight excluding hydrogens is 278 g/mol. The first-order valence-electron chi connectivity index (χ1n) is 6.00. The van der Waals surface area contributed by atoms with Gasteiger partial charge in [0.25, 0.3) is 0 Å². The lowest BCUT2D eigenvalue weighted by Gasteiger charge is -1.99. The van der Waals surface area contributed by atoms with Gasteiger partial charge < -0.3 is 9.63 Å². The SMILES string of the molecule is O=C(O)Cc1cccc2c(-c3ccc(Cl)cc3)noc12. The van der Waals surface area contributed by atoms with Crippen LogP contribution in [0.4, 0.5) is 0 Å². The first kappa shape index (κ1) is 12.7. The zero-order valence-electron chi connectivity index (χ0n) is 10.3. The lowest BCUT2D eigenvalue weighted by atomic mass is 10.0. The van der Waals surface area contributed by atoms with Crippen molar-refractivity contribution in [3.8, 4) is 11.3 Å². The number of carbonyl (C=O) groups is 1. The summed E-state index contributed by atoms with van der Waals surface area (Å²) < 4.78 is 5.32. The van der Waals surface area contributed by atoms with Crippen molar-refractivity contribution >= 4 is 28.5 Å². The smallest absolute Gasteiger partial charge is 0.307 e. The second-order valence-corrected chi connectivity index (χ2v) is 4.84. The predicted octanol–water partition coefficient (Wildman–Crippen LogP) is 3.78. The molecule has 20 heavy (non-hydrogen) atoms. The molecule has 0 aliphatic carbocycles. The Labute approximate surface area is 119 Å². The maximum atomic E-state index is 10.8. The maximum absolute atomic E-state index is 10.8. The Bertz CT molecular complexity index is 777. The first-order chi connectivity index (χ1) is 9.65. The van der Waals surface area contributed by atoms with Gasteiger partial charge in [-0.25, -0.2) is 0 Å². The number of benzene rings is 2. The molecule has 0 unspecified atom stereocenters. The van der Waals surface area contributed by atoms with Crippen molar-refractivity contribution in [3.63, 3.8) is 0 Å². The number of hydrogen-bond donors (Lipinski definition) is 1. The summed E-state index contributed by atoms with van der Waals surface area (Å²) in [5.74, 6) is -0.901. The molecule has 0 aliphatic rings. The van der Waals surface area contributed by atoms with Crippen LogP contribution in [0.1, 0.15) is 5.56 Å². The summed E-state index contributed by atoms with van der Waals surface area (Å²) in [7, 11) is 0. The van der Waals surface area contributed by atoms with Crippen LogP contribution in [0, 0.1) is 0 Å². The van der Waals surface area contributed by atoms with Gasteiger partial charge in [-0.3, -0.25) is 4.79 Å². The van der Waals surface area contributed by atoms with Crippen molar-refractivity contribution in [3.05, 3.63) is 53.1 Å². The Morgan fingerprint density at radius 1 is 1.20 bits per heavy atom. The molecule has 1 aromatic heterocycles. The van der Waals surface area contributed by atoms with Gasteiger partial charge in [0.2, 0.25) is 0 Å². The standard InChI is InChI=1S/C15H10ClNO3/c16-11-6-4-9(5-7-11)14-12-3-1-2-10(8-13(18)19)15(12)20-17-14/h1-7H,8H2,(H,18,19). The molecule has 5 heteroatoms. The Balaban J connectivity index is 2.14. The van der Waals surface area contributed by atoms with Gasteiger partial charge in [0, 0.05) is 16.1 Å². The van der Waals surface area contributed by atoms with E-state index in [0.29, 0.717) is 21.9 Å². The van der Waals surface area contributed by atoms with Crippen molar-refractivity contribution in [1.29, 1.82) is 0 Å². The van der Waals surface area contributed by atoms with Crippen molar-refractivity contribution < 1.29 is 14.4 Å². The molecule has 0 saturated carbocycles. The minimum atomic E-state index is -0.901. The molecule has 0 radical (unpaired) electrons. The van der Waals surface area contributed by atoms with Crippen molar-refractivity contribution in [2.45, 2.75) is 6.42 Å². The van der Waals surface area contributed by atoms with Crippen molar-refractivity contribution in [2.24, 2.45) is 0 Å². The molecule has 3 aromatic rings. The average molecular weight is 288 g/mol. The number of carboxylic acids is 1. The van der Waals surface area contributed by atoms with E-state index in [1.54, 1.807) is 24.3 Å². The zero-order chi connectivity index (χ0) is 14.1. The fourth-order valence-corrected chi connectivity index (χ4v) is 2.26. The molecule has 4 nitrogen and oxygen atoms in total. The Morgan fingerprint density at radius 2 is 1.95 bits per heavy atom. The van der Waals surface area contributed by atoms with Gasteiger partial charge in [0.15, 0.2) is 5.58 Å². The molecule has 0 amide bonds. The van der Waals surface area contributed by atoms with Crippen molar-refractivity contribution in [1.82, 2.24) is 5.16 Å². The van der Waals surface area contributed by atoms with E-state index in [-0.39, 0.29) is 6.42 Å². The van der Waals surface area contributed by atoms with Gasteiger partial charge in [-0.05, 0) is 18.2 Å². The van der Waals surface area contributed by atoms with E-state index in [1.165, 1.54) is 0 Å². The van der Waals surface area contributed by atoms with Crippen LogP contribution >= 0.6 is 11.6 Å². The third-order valence-corrected chi connectivity index (χ3v) is 3.29. The quantitative estimate of drug-likeness (QED) is 0.796. The van der Waals surface area contributed by atoms with Gasteiger partial charge in [-0.1, -0.05) is 41.0 Å². The number of hydrogen-bond acceptors (Lipinski definition) is 3. The number of aliphatic carboxylic acids is 1.